The van der Waals surface area contributed by atoms with Crippen LogP contribution in [0.3, 0.4) is 0 Å². The quantitative estimate of drug-likeness (QED) is 0.290. The molecule has 0 amide bonds. The van der Waals surface area contributed by atoms with E-state index in [1.165, 1.54) is 17.4 Å². The first-order valence-electron chi connectivity index (χ1n) is 11.0. The van der Waals surface area contributed by atoms with Crippen LogP contribution in [0.2, 0.25) is 10.0 Å². The highest BCUT2D eigenvalue weighted by atomic mass is 35.5. The van der Waals surface area contributed by atoms with Crippen LogP contribution in [0, 0.1) is 5.82 Å². The summed E-state index contributed by atoms with van der Waals surface area (Å²) < 4.78 is 20.3. The average molecular weight is 541 g/mol. The van der Waals surface area contributed by atoms with Crippen LogP contribution in [-0.4, -0.2) is 12.6 Å². The number of hydrogen-bond donors (Lipinski definition) is 1. The summed E-state index contributed by atoms with van der Waals surface area (Å²) >= 11 is 13.4. The SMILES string of the molecule is CCOC(=O)C1=C(N)N(c2ccccc2)c2sc3cc(Cl)c(F)cc3c(=O)c2C1c1ccc(Cl)cc1. The summed E-state index contributed by atoms with van der Waals surface area (Å²) in [5, 5.41) is 1.07. The molecule has 2 heterocycles. The number of benzene rings is 3. The van der Waals surface area contributed by atoms with Crippen LogP contribution in [-0.2, 0) is 9.53 Å². The molecule has 2 N–H and O–H groups in total. The van der Waals surface area contributed by atoms with Crippen molar-refractivity contribution >= 4 is 61.3 Å². The lowest BCUT2D eigenvalue weighted by Crippen LogP contribution is -2.37. The Kier molecular flexibility index (Phi) is 6.47. The molecular weight excluding hydrogens is 522 g/mol. The Morgan fingerprint density at radius 3 is 2.47 bits per heavy atom. The number of anilines is 2. The Bertz CT molecular complexity index is 1590. The van der Waals surface area contributed by atoms with Crippen molar-refractivity contribution in [2.24, 2.45) is 5.73 Å². The highest BCUT2D eigenvalue weighted by Gasteiger charge is 2.40. The summed E-state index contributed by atoms with van der Waals surface area (Å²) in [6.45, 7) is 1.81. The molecule has 0 aliphatic carbocycles. The topological polar surface area (TPSA) is 72.6 Å². The summed E-state index contributed by atoms with van der Waals surface area (Å²) in [5.41, 5.74) is 7.96. The van der Waals surface area contributed by atoms with Crippen LogP contribution < -0.4 is 16.1 Å². The van der Waals surface area contributed by atoms with Crippen LogP contribution in [0.4, 0.5) is 15.1 Å². The minimum absolute atomic E-state index is 0.0925. The lowest BCUT2D eigenvalue weighted by atomic mass is 9.82. The van der Waals surface area contributed by atoms with Crippen LogP contribution in [0.15, 0.2) is 82.9 Å². The normalized spacial score (nSPS) is 15.2. The van der Waals surface area contributed by atoms with Gasteiger partial charge in [-0.1, -0.05) is 53.5 Å². The number of nitrogens with zero attached hydrogens (tertiary/aromatic N) is 1. The molecule has 0 saturated carbocycles. The Morgan fingerprint density at radius 1 is 1.11 bits per heavy atom. The maximum Gasteiger partial charge on any atom is 0.338 e. The first-order valence-corrected chi connectivity index (χ1v) is 12.6. The van der Waals surface area contributed by atoms with Gasteiger partial charge in [0.1, 0.15) is 16.6 Å². The molecule has 0 fully saturated rings. The molecule has 0 saturated heterocycles. The van der Waals surface area contributed by atoms with Crippen molar-refractivity contribution in [1.29, 1.82) is 0 Å². The first-order chi connectivity index (χ1) is 17.3. The van der Waals surface area contributed by atoms with Crippen molar-refractivity contribution in [1.82, 2.24) is 0 Å². The predicted molar refractivity (Wildman–Crippen MR) is 143 cm³/mol. The summed E-state index contributed by atoms with van der Waals surface area (Å²) in [6.07, 6.45) is 0. The van der Waals surface area contributed by atoms with E-state index in [-0.39, 0.29) is 34.0 Å². The molecule has 0 bridgehead atoms. The number of rotatable bonds is 4. The number of nitrogens with two attached hydrogens (primary N) is 1. The third kappa shape index (κ3) is 4.03. The highest BCUT2D eigenvalue weighted by Crippen LogP contribution is 2.49. The van der Waals surface area contributed by atoms with Crippen molar-refractivity contribution in [3.8, 4) is 0 Å². The van der Waals surface area contributed by atoms with E-state index in [4.69, 9.17) is 33.7 Å². The Morgan fingerprint density at radius 2 is 1.81 bits per heavy atom. The zero-order chi connectivity index (χ0) is 25.6. The third-order valence-corrected chi connectivity index (χ3v) is 7.65. The van der Waals surface area contributed by atoms with Gasteiger partial charge in [-0.3, -0.25) is 9.69 Å². The smallest absolute Gasteiger partial charge is 0.338 e. The number of ether oxygens (including phenoxy) is 1. The minimum Gasteiger partial charge on any atom is -0.463 e. The maximum absolute atomic E-state index is 14.4. The van der Waals surface area contributed by atoms with Gasteiger partial charge in [0.25, 0.3) is 0 Å². The molecular formula is C27H19Cl2FN2O3S. The van der Waals surface area contributed by atoms with Gasteiger partial charge in [0.05, 0.1) is 23.1 Å². The molecule has 1 aliphatic rings. The molecule has 36 heavy (non-hydrogen) atoms. The second-order valence-electron chi connectivity index (χ2n) is 8.09. The summed E-state index contributed by atoms with van der Waals surface area (Å²) in [4.78, 5) is 29.0. The van der Waals surface area contributed by atoms with Gasteiger partial charge < -0.3 is 10.5 Å². The largest absolute Gasteiger partial charge is 0.463 e. The number of fused-ring (bicyclic) bond motifs is 2. The monoisotopic (exact) mass is 540 g/mol. The van der Waals surface area contributed by atoms with E-state index < -0.39 is 23.1 Å². The summed E-state index contributed by atoms with van der Waals surface area (Å²) in [5.74, 6) is -2.07. The lowest BCUT2D eigenvalue weighted by Gasteiger charge is -2.36. The molecule has 9 heteroatoms. The van der Waals surface area contributed by atoms with Crippen molar-refractivity contribution in [3.63, 3.8) is 0 Å². The van der Waals surface area contributed by atoms with Crippen molar-refractivity contribution < 1.29 is 13.9 Å². The van der Waals surface area contributed by atoms with Gasteiger partial charge in [-0.25, -0.2) is 9.18 Å². The van der Waals surface area contributed by atoms with E-state index in [1.54, 1.807) is 36.1 Å². The molecule has 0 spiro atoms. The lowest BCUT2D eigenvalue weighted by molar-refractivity contribution is -0.138. The standard InChI is InChI=1S/C27H19Cl2FN2O3S/c1-2-35-27(34)23-21(14-8-10-15(28)11-9-14)22-24(33)17-12-19(30)18(29)13-20(17)36-26(22)32(25(23)31)16-6-4-3-5-7-16/h3-13,21H,2,31H2,1H3. The number of carbonyl (C=O) groups excluding carboxylic acids is 1. The van der Waals surface area contributed by atoms with E-state index in [2.05, 4.69) is 0 Å². The Hall–Kier alpha value is -3.39. The molecule has 1 aromatic heterocycles. The summed E-state index contributed by atoms with van der Waals surface area (Å²) in [7, 11) is 0. The molecule has 5 rings (SSSR count). The minimum atomic E-state index is -0.858. The van der Waals surface area contributed by atoms with Gasteiger partial charge >= 0.3 is 5.97 Å². The van der Waals surface area contributed by atoms with Crippen LogP contribution >= 0.6 is 34.5 Å². The number of carbonyl (C=O) groups is 1. The number of halogens is 3. The summed E-state index contributed by atoms with van der Waals surface area (Å²) in [6, 6.07) is 18.5. The maximum atomic E-state index is 14.4. The van der Waals surface area contributed by atoms with Gasteiger partial charge in [0.15, 0.2) is 5.43 Å². The fraction of sp³-hybridized carbons (Fsp3) is 0.111. The van der Waals surface area contributed by atoms with Crippen LogP contribution in [0.1, 0.15) is 24.0 Å². The molecule has 1 aliphatic heterocycles. The van der Waals surface area contributed by atoms with Gasteiger partial charge in [0.2, 0.25) is 0 Å². The van der Waals surface area contributed by atoms with E-state index in [1.807, 2.05) is 30.3 Å². The molecule has 3 aromatic carbocycles. The van der Waals surface area contributed by atoms with Crippen molar-refractivity contribution in [3.05, 3.63) is 115 Å². The van der Waals surface area contributed by atoms with E-state index in [9.17, 15) is 14.0 Å². The van der Waals surface area contributed by atoms with Crippen molar-refractivity contribution in [2.45, 2.75) is 12.8 Å². The van der Waals surface area contributed by atoms with Gasteiger partial charge in [-0.15, -0.1) is 11.3 Å². The van der Waals surface area contributed by atoms with Crippen LogP contribution in [0.5, 0.6) is 0 Å². The average Bonchev–Trinajstić information content (AvgIpc) is 2.86. The Balaban J connectivity index is 1.92. The molecule has 5 nitrogen and oxygen atoms in total. The highest BCUT2D eigenvalue weighted by molar-refractivity contribution is 7.22. The fourth-order valence-corrected chi connectivity index (χ4v) is 6.00. The van der Waals surface area contributed by atoms with Gasteiger partial charge in [0, 0.05) is 26.4 Å². The Labute approximate surface area is 220 Å². The first kappa shape index (κ1) is 24.3. The van der Waals surface area contributed by atoms with Gasteiger partial charge in [-0.05, 0) is 48.9 Å². The molecule has 4 aromatic rings. The van der Waals surface area contributed by atoms with E-state index in [0.717, 1.165) is 6.07 Å². The second kappa shape index (κ2) is 9.58. The van der Waals surface area contributed by atoms with E-state index in [0.29, 0.717) is 26.0 Å². The van der Waals surface area contributed by atoms with E-state index >= 15 is 0 Å². The van der Waals surface area contributed by atoms with Gasteiger partial charge in [-0.2, -0.15) is 0 Å². The number of esters is 1. The van der Waals surface area contributed by atoms with Crippen LogP contribution in [0.25, 0.3) is 10.1 Å². The zero-order valence-corrected chi connectivity index (χ0v) is 21.3. The molecule has 0 radical (unpaired) electrons. The molecule has 1 atom stereocenters. The molecule has 182 valence electrons. The zero-order valence-electron chi connectivity index (χ0n) is 18.9. The fourth-order valence-electron chi connectivity index (χ4n) is 4.39. The predicted octanol–water partition coefficient (Wildman–Crippen LogP) is 6.72. The second-order valence-corrected chi connectivity index (χ2v) is 9.96. The molecule has 1 unspecified atom stereocenters. The van der Waals surface area contributed by atoms with Crippen molar-refractivity contribution in [2.75, 3.05) is 11.5 Å². The number of hydrogen-bond acceptors (Lipinski definition) is 6. The third-order valence-electron chi connectivity index (χ3n) is 5.96. The number of para-hydroxylation sites is 1.